The average Bonchev–Trinajstić information content (AvgIpc) is 3.10. The molecule has 156 valence electrons. The predicted molar refractivity (Wildman–Crippen MR) is 117 cm³/mol. The maximum atomic E-state index is 12.5. The number of amides is 1. The lowest BCUT2D eigenvalue weighted by molar-refractivity contribution is -0.125. The summed E-state index contributed by atoms with van der Waals surface area (Å²) in [4.78, 5) is 14.7. The number of nitrogens with one attached hydrogen (secondary N) is 2. The SMILES string of the molecule is CNC(=O)[C@@H]1C[C@@H](NCc2cc(C)c(OC)cc2C)CN1Cc1cccc(Cl)c1. The fourth-order valence-electron chi connectivity index (χ4n) is 4.05. The highest BCUT2D eigenvalue weighted by molar-refractivity contribution is 6.30. The third kappa shape index (κ3) is 5.30. The van der Waals surface area contributed by atoms with E-state index >= 15 is 0 Å². The molecule has 5 nitrogen and oxygen atoms in total. The van der Waals surface area contributed by atoms with Crippen molar-refractivity contribution in [2.24, 2.45) is 0 Å². The highest BCUT2D eigenvalue weighted by Gasteiger charge is 2.36. The molecule has 0 saturated carbocycles. The largest absolute Gasteiger partial charge is 0.496 e. The minimum atomic E-state index is -0.143. The van der Waals surface area contributed by atoms with Crippen molar-refractivity contribution < 1.29 is 9.53 Å². The molecule has 3 rings (SSSR count). The van der Waals surface area contributed by atoms with Crippen LogP contribution in [0.5, 0.6) is 5.75 Å². The van der Waals surface area contributed by atoms with Gasteiger partial charge in [-0.05, 0) is 60.7 Å². The van der Waals surface area contributed by atoms with Gasteiger partial charge in [0.15, 0.2) is 0 Å². The first kappa shape index (κ1) is 21.6. The molecule has 0 aliphatic carbocycles. The van der Waals surface area contributed by atoms with Gasteiger partial charge in [-0.15, -0.1) is 0 Å². The van der Waals surface area contributed by atoms with Crippen LogP contribution in [0.3, 0.4) is 0 Å². The quantitative estimate of drug-likeness (QED) is 0.727. The summed E-state index contributed by atoms with van der Waals surface area (Å²) in [5.74, 6) is 0.979. The first-order valence-corrected chi connectivity index (χ1v) is 10.4. The van der Waals surface area contributed by atoms with E-state index in [1.807, 2.05) is 18.2 Å². The van der Waals surface area contributed by atoms with Gasteiger partial charge < -0.3 is 15.4 Å². The third-order valence-corrected chi connectivity index (χ3v) is 5.90. The van der Waals surface area contributed by atoms with E-state index in [0.29, 0.717) is 6.54 Å². The first-order chi connectivity index (χ1) is 13.9. The van der Waals surface area contributed by atoms with E-state index < -0.39 is 0 Å². The van der Waals surface area contributed by atoms with Gasteiger partial charge in [0.1, 0.15) is 5.75 Å². The number of halogens is 1. The Morgan fingerprint density at radius 1 is 1.24 bits per heavy atom. The van der Waals surface area contributed by atoms with E-state index in [-0.39, 0.29) is 18.0 Å². The number of hydrogen-bond donors (Lipinski definition) is 2. The van der Waals surface area contributed by atoms with Crippen LogP contribution >= 0.6 is 11.6 Å². The van der Waals surface area contributed by atoms with Gasteiger partial charge in [0.05, 0.1) is 13.2 Å². The highest BCUT2D eigenvalue weighted by atomic mass is 35.5. The molecule has 6 heteroatoms. The normalized spacial score (nSPS) is 19.3. The van der Waals surface area contributed by atoms with Crippen molar-refractivity contribution in [2.45, 2.75) is 45.4 Å². The van der Waals surface area contributed by atoms with Crippen molar-refractivity contribution >= 4 is 17.5 Å². The lowest BCUT2D eigenvalue weighted by Crippen LogP contribution is -2.41. The number of carbonyl (C=O) groups is 1. The van der Waals surface area contributed by atoms with Gasteiger partial charge in [0.2, 0.25) is 5.91 Å². The van der Waals surface area contributed by atoms with Crippen LogP contribution in [0, 0.1) is 13.8 Å². The van der Waals surface area contributed by atoms with Crippen molar-refractivity contribution in [3.8, 4) is 5.75 Å². The molecule has 0 spiro atoms. The lowest BCUT2D eigenvalue weighted by atomic mass is 10.0. The number of hydrogen-bond acceptors (Lipinski definition) is 4. The fraction of sp³-hybridized carbons (Fsp3) is 0.435. The van der Waals surface area contributed by atoms with Crippen molar-refractivity contribution in [1.82, 2.24) is 15.5 Å². The molecule has 1 heterocycles. The smallest absolute Gasteiger partial charge is 0.237 e. The number of rotatable bonds is 7. The molecule has 1 aliphatic rings. The molecule has 1 fully saturated rings. The summed E-state index contributed by atoms with van der Waals surface area (Å²) >= 11 is 6.13. The average molecular weight is 416 g/mol. The maximum absolute atomic E-state index is 12.5. The summed E-state index contributed by atoms with van der Waals surface area (Å²) in [6.07, 6.45) is 0.786. The van der Waals surface area contributed by atoms with Crippen LogP contribution in [-0.2, 0) is 17.9 Å². The topological polar surface area (TPSA) is 53.6 Å². The second-order valence-corrected chi connectivity index (χ2v) is 8.19. The molecule has 2 atom stereocenters. The summed E-state index contributed by atoms with van der Waals surface area (Å²) in [6.45, 7) is 6.46. The van der Waals surface area contributed by atoms with Crippen molar-refractivity contribution in [3.05, 3.63) is 63.7 Å². The minimum Gasteiger partial charge on any atom is -0.496 e. The Hall–Kier alpha value is -2.08. The molecule has 2 aromatic rings. The molecule has 0 radical (unpaired) electrons. The van der Waals surface area contributed by atoms with Crippen LogP contribution < -0.4 is 15.4 Å². The molecule has 0 bridgehead atoms. The number of likely N-dealkylation sites (N-methyl/N-ethyl adjacent to an activating group) is 1. The monoisotopic (exact) mass is 415 g/mol. The number of methoxy groups -OCH3 is 1. The Labute approximate surface area is 178 Å². The molecule has 2 N–H and O–H groups in total. The lowest BCUT2D eigenvalue weighted by Gasteiger charge is -2.23. The van der Waals surface area contributed by atoms with E-state index in [4.69, 9.17) is 16.3 Å². The number of benzene rings is 2. The van der Waals surface area contributed by atoms with Crippen LogP contribution in [0.1, 0.15) is 28.7 Å². The summed E-state index contributed by atoms with van der Waals surface area (Å²) in [6, 6.07) is 12.2. The molecule has 2 aromatic carbocycles. The minimum absolute atomic E-state index is 0.0628. The number of likely N-dealkylation sites (tertiary alicyclic amines) is 1. The first-order valence-electron chi connectivity index (χ1n) is 9.98. The second kappa shape index (κ2) is 9.61. The van der Waals surface area contributed by atoms with E-state index in [9.17, 15) is 4.79 Å². The van der Waals surface area contributed by atoms with Crippen molar-refractivity contribution in [3.63, 3.8) is 0 Å². The molecular formula is C23H30ClN3O2. The van der Waals surface area contributed by atoms with Crippen LogP contribution in [0.2, 0.25) is 5.02 Å². The van der Waals surface area contributed by atoms with Gasteiger partial charge in [-0.25, -0.2) is 0 Å². The zero-order valence-electron chi connectivity index (χ0n) is 17.6. The molecular weight excluding hydrogens is 386 g/mol. The van der Waals surface area contributed by atoms with Crippen LogP contribution in [0.4, 0.5) is 0 Å². The van der Waals surface area contributed by atoms with Gasteiger partial charge in [-0.2, -0.15) is 0 Å². The summed E-state index contributed by atoms with van der Waals surface area (Å²) in [7, 11) is 3.40. The van der Waals surface area contributed by atoms with Gasteiger partial charge >= 0.3 is 0 Å². The van der Waals surface area contributed by atoms with Crippen LogP contribution in [-0.4, -0.2) is 43.6 Å². The third-order valence-electron chi connectivity index (χ3n) is 5.66. The van der Waals surface area contributed by atoms with Crippen LogP contribution in [0.25, 0.3) is 0 Å². The number of aryl methyl sites for hydroxylation is 2. The van der Waals surface area contributed by atoms with Gasteiger partial charge in [-0.3, -0.25) is 9.69 Å². The summed E-state index contributed by atoms with van der Waals surface area (Å²) in [5.41, 5.74) is 4.71. The Morgan fingerprint density at radius 2 is 2.03 bits per heavy atom. The van der Waals surface area contributed by atoms with Crippen molar-refractivity contribution in [2.75, 3.05) is 20.7 Å². The molecule has 1 aliphatic heterocycles. The molecule has 0 aromatic heterocycles. The van der Waals surface area contributed by atoms with Crippen molar-refractivity contribution in [1.29, 1.82) is 0 Å². The second-order valence-electron chi connectivity index (χ2n) is 7.75. The van der Waals surface area contributed by atoms with E-state index in [1.54, 1.807) is 14.2 Å². The molecule has 0 unspecified atom stereocenters. The van der Waals surface area contributed by atoms with Crippen LogP contribution in [0.15, 0.2) is 36.4 Å². The summed E-state index contributed by atoms with van der Waals surface area (Å²) < 4.78 is 5.41. The Kier molecular flexibility index (Phi) is 7.17. The molecule has 1 saturated heterocycles. The van der Waals surface area contributed by atoms with E-state index in [0.717, 1.165) is 41.4 Å². The standard InChI is InChI=1S/C23H30ClN3O2/c1-15-9-22(29-4)16(2)8-18(15)12-26-20-11-21(23(28)25-3)27(14-20)13-17-6-5-7-19(24)10-17/h5-10,20-21,26H,11-14H2,1-4H3,(H,25,28)/t20-,21+/m1/s1. The van der Waals surface area contributed by atoms with Gasteiger partial charge in [-0.1, -0.05) is 29.8 Å². The van der Waals surface area contributed by atoms with Gasteiger partial charge in [0.25, 0.3) is 0 Å². The summed E-state index contributed by atoms with van der Waals surface area (Å²) in [5, 5.41) is 7.18. The zero-order valence-corrected chi connectivity index (χ0v) is 18.3. The number of carbonyl (C=O) groups excluding carboxylic acids is 1. The van der Waals surface area contributed by atoms with E-state index in [2.05, 4.69) is 47.6 Å². The maximum Gasteiger partial charge on any atom is 0.237 e. The van der Waals surface area contributed by atoms with E-state index in [1.165, 1.54) is 11.1 Å². The predicted octanol–water partition coefficient (Wildman–Crippen LogP) is 3.44. The number of nitrogens with zero attached hydrogens (tertiary/aromatic N) is 1. The molecule has 1 amide bonds. The highest BCUT2D eigenvalue weighted by Crippen LogP contribution is 2.25. The number of ether oxygens (including phenoxy) is 1. The zero-order chi connectivity index (χ0) is 21.0. The van der Waals surface area contributed by atoms with Gasteiger partial charge in [0, 0.05) is 37.7 Å². The Morgan fingerprint density at radius 3 is 2.72 bits per heavy atom. The fourth-order valence-corrected chi connectivity index (χ4v) is 4.26. The molecule has 29 heavy (non-hydrogen) atoms. The Bertz CT molecular complexity index is 871. The Balaban J connectivity index is 1.68.